The minimum Gasteiger partial charge on any atom is -0.324 e. The van der Waals surface area contributed by atoms with Gasteiger partial charge in [-0.1, -0.05) is 48.0 Å². The van der Waals surface area contributed by atoms with Crippen molar-refractivity contribution < 1.29 is 9.59 Å². The first-order valence-corrected chi connectivity index (χ1v) is 9.39. The molecule has 0 bridgehead atoms. The number of hydrogen-bond donors (Lipinski definition) is 2. The predicted molar refractivity (Wildman–Crippen MR) is 107 cm³/mol. The van der Waals surface area contributed by atoms with Crippen LogP contribution in [0.3, 0.4) is 0 Å². The Labute approximate surface area is 166 Å². The summed E-state index contributed by atoms with van der Waals surface area (Å²) >= 11 is 6.29. The Kier molecular flexibility index (Phi) is 3.61. The predicted octanol–water partition coefficient (Wildman–Crippen LogP) is 3.47. The molecule has 2 amide bonds. The quantitative estimate of drug-likeness (QED) is 0.701. The molecule has 2 aliphatic rings. The van der Waals surface area contributed by atoms with Crippen LogP contribution in [0.25, 0.3) is 0 Å². The highest BCUT2D eigenvalue weighted by molar-refractivity contribution is 6.31. The minimum absolute atomic E-state index is 0.0556. The molecule has 2 aromatic carbocycles. The summed E-state index contributed by atoms with van der Waals surface area (Å²) in [7, 11) is 0. The third-order valence-corrected chi connectivity index (χ3v) is 5.99. The number of rotatable bonds is 2. The molecule has 1 spiro atoms. The van der Waals surface area contributed by atoms with Gasteiger partial charge in [0.2, 0.25) is 11.8 Å². The van der Waals surface area contributed by atoms with Crippen LogP contribution in [0.15, 0.2) is 48.7 Å². The maximum atomic E-state index is 13.1. The lowest BCUT2D eigenvalue weighted by Crippen LogP contribution is -2.43. The van der Waals surface area contributed by atoms with Gasteiger partial charge in [-0.25, -0.2) is 4.68 Å². The van der Waals surface area contributed by atoms with Crippen molar-refractivity contribution in [3.05, 3.63) is 75.9 Å². The summed E-state index contributed by atoms with van der Waals surface area (Å²) in [4.78, 5) is 25.8. The molecule has 2 N–H and O–H groups in total. The van der Waals surface area contributed by atoms with E-state index in [1.54, 1.807) is 10.9 Å². The van der Waals surface area contributed by atoms with Crippen LogP contribution in [0.2, 0.25) is 5.02 Å². The van der Waals surface area contributed by atoms with Gasteiger partial charge in [-0.2, -0.15) is 5.10 Å². The average molecular weight is 393 g/mol. The van der Waals surface area contributed by atoms with Gasteiger partial charge in [-0.05, 0) is 29.7 Å². The number of nitrogens with one attached hydrogen (secondary N) is 2. The molecule has 0 saturated heterocycles. The largest absolute Gasteiger partial charge is 0.324 e. The summed E-state index contributed by atoms with van der Waals surface area (Å²) in [5, 5.41) is 11.0. The molecular weight excluding hydrogens is 376 g/mol. The van der Waals surface area contributed by atoms with E-state index >= 15 is 0 Å². The summed E-state index contributed by atoms with van der Waals surface area (Å²) in [6, 6.07) is 13.3. The lowest BCUT2D eigenvalue weighted by Gasteiger charge is -2.31. The highest BCUT2D eigenvalue weighted by atomic mass is 35.5. The van der Waals surface area contributed by atoms with Crippen LogP contribution >= 0.6 is 11.6 Å². The van der Waals surface area contributed by atoms with E-state index < -0.39 is 5.41 Å². The molecule has 3 heterocycles. The highest BCUT2D eigenvalue weighted by Crippen LogP contribution is 2.50. The molecule has 1 atom stereocenters. The fourth-order valence-corrected chi connectivity index (χ4v) is 4.42. The fourth-order valence-electron chi connectivity index (χ4n) is 4.22. The van der Waals surface area contributed by atoms with E-state index in [2.05, 4.69) is 15.7 Å². The maximum absolute atomic E-state index is 13.1. The van der Waals surface area contributed by atoms with E-state index in [1.807, 2.05) is 49.4 Å². The molecule has 0 aliphatic carbocycles. The van der Waals surface area contributed by atoms with Gasteiger partial charge in [0.05, 0.1) is 12.7 Å². The van der Waals surface area contributed by atoms with Crippen molar-refractivity contribution in [2.75, 3.05) is 10.6 Å². The Morgan fingerprint density at radius 1 is 1.11 bits per heavy atom. The van der Waals surface area contributed by atoms with E-state index in [0.29, 0.717) is 22.9 Å². The number of para-hydroxylation sites is 1. The monoisotopic (exact) mass is 392 g/mol. The Hall–Kier alpha value is -3.12. The second-order valence-corrected chi connectivity index (χ2v) is 7.64. The van der Waals surface area contributed by atoms with Crippen molar-refractivity contribution in [2.24, 2.45) is 0 Å². The third kappa shape index (κ3) is 2.24. The standard InChI is InChI=1S/C21H17ClN4O2/c1-12-5-4-7-14-18(12)25-20(28)21(14)9-17(27)24-19-15(21)10-23-26(19)11-13-6-2-3-8-16(13)22/h2-8,10H,9,11H2,1H3,(H,24,27)(H,25,28). The molecule has 2 aliphatic heterocycles. The van der Waals surface area contributed by atoms with E-state index in [1.165, 1.54) is 0 Å². The Bertz CT molecular complexity index is 1150. The lowest BCUT2D eigenvalue weighted by molar-refractivity contribution is -0.125. The van der Waals surface area contributed by atoms with Crippen molar-refractivity contribution in [3.8, 4) is 0 Å². The number of aryl methyl sites for hydroxylation is 1. The van der Waals surface area contributed by atoms with E-state index in [9.17, 15) is 9.59 Å². The molecule has 0 radical (unpaired) electrons. The van der Waals surface area contributed by atoms with Crippen molar-refractivity contribution in [2.45, 2.75) is 25.3 Å². The van der Waals surface area contributed by atoms with Gasteiger partial charge in [0.25, 0.3) is 0 Å². The number of amides is 2. The Balaban J connectivity index is 1.68. The molecule has 1 unspecified atom stereocenters. The summed E-state index contributed by atoms with van der Waals surface area (Å²) < 4.78 is 1.69. The summed E-state index contributed by atoms with van der Waals surface area (Å²) in [6.07, 6.45) is 1.74. The zero-order valence-corrected chi connectivity index (χ0v) is 15.9. The van der Waals surface area contributed by atoms with E-state index in [0.717, 1.165) is 22.4 Å². The van der Waals surface area contributed by atoms with Crippen molar-refractivity contribution >= 4 is 34.9 Å². The summed E-state index contributed by atoms with van der Waals surface area (Å²) in [5.74, 6) is 0.142. The molecule has 7 heteroatoms. The number of fused-ring (bicyclic) bond motifs is 4. The zero-order chi connectivity index (χ0) is 19.5. The molecule has 6 nitrogen and oxygen atoms in total. The summed E-state index contributed by atoms with van der Waals surface area (Å²) in [6.45, 7) is 2.34. The second kappa shape index (κ2) is 5.94. The third-order valence-electron chi connectivity index (χ3n) is 5.62. The maximum Gasteiger partial charge on any atom is 0.240 e. The van der Waals surface area contributed by atoms with E-state index in [4.69, 9.17) is 11.6 Å². The van der Waals surface area contributed by atoms with Gasteiger partial charge in [0.1, 0.15) is 11.2 Å². The van der Waals surface area contributed by atoms with Gasteiger partial charge < -0.3 is 10.6 Å². The number of aromatic nitrogens is 2. The molecule has 140 valence electrons. The Morgan fingerprint density at radius 2 is 1.93 bits per heavy atom. The first-order valence-electron chi connectivity index (χ1n) is 9.02. The van der Waals surface area contributed by atoms with Crippen molar-refractivity contribution in [1.29, 1.82) is 0 Å². The fraction of sp³-hybridized carbons (Fsp3) is 0.190. The van der Waals surface area contributed by atoms with Gasteiger partial charge >= 0.3 is 0 Å². The SMILES string of the molecule is Cc1cccc2c1NC(=O)C21CC(=O)Nc2c1cnn2Cc1ccccc1Cl. The first-order chi connectivity index (χ1) is 13.5. The molecular formula is C21H17ClN4O2. The first kappa shape index (κ1) is 17.0. The number of nitrogens with zero attached hydrogens (tertiary/aromatic N) is 2. The minimum atomic E-state index is -1.06. The lowest BCUT2D eigenvalue weighted by atomic mass is 9.71. The van der Waals surface area contributed by atoms with E-state index in [-0.39, 0.29) is 18.2 Å². The molecule has 28 heavy (non-hydrogen) atoms. The Morgan fingerprint density at radius 3 is 2.75 bits per heavy atom. The average Bonchev–Trinajstić information content (AvgIpc) is 3.19. The van der Waals surface area contributed by atoms with Crippen LogP contribution in [0.4, 0.5) is 11.5 Å². The molecule has 5 rings (SSSR count). The number of hydrogen-bond acceptors (Lipinski definition) is 3. The van der Waals surface area contributed by atoms with Gasteiger partial charge in [0, 0.05) is 22.7 Å². The van der Waals surface area contributed by atoms with Crippen LogP contribution in [-0.4, -0.2) is 21.6 Å². The van der Waals surface area contributed by atoms with Crippen LogP contribution in [0.1, 0.15) is 28.7 Å². The normalized spacial score (nSPS) is 19.9. The van der Waals surface area contributed by atoms with Crippen LogP contribution in [0, 0.1) is 6.92 Å². The highest BCUT2D eigenvalue weighted by Gasteiger charge is 2.54. The van der Waals surface area contributed by atoms with Gasteiger partial charge in [-0.3, -0.25) is 9.59 Å². The van der Waals surface area contributed by atoms with Crippen LogP contribution in [0.5, 0.6) is 0 Å². The molecule has 3 aromatic rings. The molecule has 1 aromatic heterocycles. The second-order valence-electron chi connectivity index (χ2n) is 7.24. The topological polar surface area (TPSA) is 76.0 Å². The smallest absolute Gasteiger partial charge is 0.240 e. The number of anilines is 2. The number of carbonyl (C=O) groups is 2. The zero-order valence-electron chi connectivity index (χ0n) is 15.1. The summed E-state index contributed by atoms with van der Waals surface area (Å²) in [5.41, 5.74) is 3.12. The molecule has 0 saturated carbocycles. The van der Waals surface area contributed by atoms with Crippen LogP contribution < -0.4 is 10.6 Å². The number of halogens is 1. The van der Waals surface area contributed by atoms with Crippen molar-refractivity contribution in [3.63, 3.8) is 0 Å². The van der Waals surface area contributed by atoms with Gasteiger partial charge in [-0.15, -0.1) is 0 Å². The van der Waals surface area contributed by atoms with Gasteiger partial charge in [0.15, 0.2) is 0 Å². The van der Waals surface area contributed by atoms with Crippen LogP contribution in [-0.2, 0) is 21.5 Å². The number of carbonyl (C=O) groups excluding carboxylic acids is 2. The van der Waals surface area contributed by atoms with Crippen molar-refractivity contribution in [1.82, 2.24) is 9.78 Å². The molecule has 0 fully saturated rings. The number of benzene rings is 2.